The Morgan fingerprint density at radius 1 is 1.00 bits per heavy atom. The number of H-pyrrole nitrogens is 1. The zero-order valence-electron chi connectivity index (χ0n) is 17.7. The summed E-state index contributed by atoms with van der Waals surface area (Å²) >= 11 is 0. The van der Waals surface area contributed by atoms with Crippen molar-refractivity contribution in [3.05, 3.63) is 83.3 Å². The first kappa shape index (κ1) is 20.5. The van der Waals surface area contributed by atoms with Crippen molar-refractivity contribution in [2.24, 2.45) is 5.92 Å². The SMILES string of the molecule is CC(C)CCOc1ccccc1Nc1nc(Nc2ccccc2)cc2cc[nH]c(=O)c12. The van der Waals surface area contributed by atoms with Gasteiger partial charge in [-0.3, -0.25) is 4.79 Å². The van der Waals surface area contributed by atoms with Crippen LogP contribution in [-0.2, 0) is 0 Å². The maximum absolute atomic E-state index is 12.6. The van der Waals surface area contributed by atoms with Crippen molar-refractivity contribution < 1.29 is 4.74 Å². The van der Waals surface area contributed by atoms with E-state index in [0.717, 1.165) is 28.9 Å². The van der Waals surface area contributed by atoms with Crippen molar-refractivity contribution in [2.45, 2.75) is 20.3 Å². The van der Waals surface area contributed by atoms with Gasteiger partial charge in [-0.05, 0) is 54.1 Å². The Morgan fingerprint density at radius 2 is 1.77 bits per heavy atom. The van der Waals surface area contributed by atoms with Gasteiger partial charge in [0, 0.05) is 11.9 Å². The molecular formula is C25H26N4O2. The minimum Gasteiger partial charge on any atom is -0.491 e. The number of hydrogen-bond acceptors (Lipinski definition) is 5. The molecule has 158 valence electrons. The molecule has 0 aliphatic carbocycles. The molecular weight excluding hydrogens is 388 g/mol. The van der Waals surface area contributed by atoms with Crippen molar-refractivity contribution in [3.63, 3.8) is 0 Å². The van der Waals surface area contributed by atoms with Crippen LogP contribution < -0.4 is 20.9 Å². The van der Waals surface area contributed by atoms with Crippen LogP contribution in [0.1, 0.15) is 20.3 Å². The highest BCUT2D eigenvalue weighted by Crippen LogP contribution is 2.31. The van der Waals surface area contributed by atoms with Crippen LogP contribution in [0.3, 0.4) is 0 Å². The maximum atomic E-state index is 12.6. The number of pyridine rings is 2. The van der Waals surface area contributed by atoms with Crippen LogP contribution in [0, 0.1) is 5.92 Å². The van der Waals surface area contributed by atoms with E-state index in [9.17, 15) is 4.79 Å². The maximum Gasteiger partial charge on any atom is 0.259 e. The van der Waals surface area contributed by atoms with E-state index in [4.69, 9.17) is 9.72 Å². The van der Waals surface area contributed by atoms with Gasteiger partial charge in [0.1, 0.15) is 17.4 Å². The van der Waals surface area contributed by atoms with Crippen molar-refractivity contribution in [1.82, 2.24) is 9.97 Å². The highest BCUT2D eigenvalue weighted by atomic mass is 16.5. The smallest absolute Gasteiger partial charge is 0.259 e. The van der Waals surface area contributed by atoms with Crippen LogP contribution in [0.15, 0.2) is 77.7 Å². The first-order valence-electron chi connectivity index (χ1n) is 10.4. The largest absolute Gasteiger partial charge is 0.491 e. The van der Waals surface area contributed by atoms with Crippen LogP contribution in [0.25, 0.3) is 10.8 Å². The molecule has 0 radical (unpaired) electrons. The van der Waals surface area contributed by atoms with Gasteiger partial charge in [-0.1, -0.05) is 44.2 Å². The van der Waals surface area contributed by atoms with E-state index in [1.165, 1.54) is 0 Å². The fraction of sp³-hybridized carbons (Fsp3) is 0.200. The fourth-order valence-electron chi connectivity index (χ4n) is 3.27. The predicted octanol–water partition coefficient (Wildman–Crippen LogP) is 5.84. The molecule has 0 aliphatic heterocycles. The highest BCUT2D eigenvalue weighted by molar-refractivity contribution is 5.95. The summed E-state index contributed by atoms with van der Waals surface area (Å²) < 4.78 is 6.00. The lowest BCUT2D eigenvalue weighted by molar-refractivity contribution is 0.291. The van der Waals surface area contributed by atoms with Gasteiger partial charge in [0.15, 0.2) is 0 Å². The van der Waals surface area contributed by atoms with Crippen molar-refractivity contribution in [3.8, 4) is 5.75 Å². The summed E-state index contributed by atoms with van der Waals surface area (Å²) in [6.45, 7) is 4.96. The minimum absolute atomic E-state index is 0.197. The summed E-state index contributed by atoms with van der Waals surface area (Å²) in [6, 6.07) is 21.2. The first-order chi connectivity index (χ1) is 15.1. The number of ether oxygens (including phenoxy) is 1. The summed E-state index contributed by atoms with van der Waals surface area (Å²) in [6.07, 6.45) is 2.61. The number of aromatic nitrogens is 2. The third kappa shape index (κ3) is 5.04. The Labute approximate surface area is 181 Å². The summed E-state index contributed by atoms with van der Waals surface area (Å²) in [7, 11) is 0. The Bertz CT molecular complexity index is 1220. The van der Waals surface area contributed by atoms with E-state index < -0.39 is 0 Å². The monoisotopic (exact) mass is 414 g/mol. The molecule has 0 unspecified atom stereocenters. The summed E-state index contributed by atoms with van der Waals surface area (Å²) in [4.78, 5) is 20.1. The van der Waals surface area contributed by atoms with Crippen molar-refractivity contribution >= 4 is 33.8 Å². The van der Waals surface area contributed by atoms with Gasteiger partial charge in [0.05, 0.1) is 17.7 Å². The summed E-state index contributed by atoms with van der Waals surface area (Å²) in [5.74, 6) is 2.40. The van der Waals surface area contributed by atoms with Crippen LogP contribution in [-0.4, -0.2) is 16.6 Å². The van der Waals surface area contributed by atoms with E-state index in [-0.39, 0.29) is 5.56 Å². The molecule has 0 fully saturated rings. The number of anilines is 4. The van der Waals surface area contributed by atoms with Crippen LogP contribution in [0.5, 0.6) is 5.75 Å². The van der Waals surface area contributed by atoms with Crippen LogP contribution in [0.4, 0.5) is 23.0 Å². The molecule has 0 aliphatic rings. The van der Waals surface area contributed by atoms with E-state index in [1.54, 1.807) is 6.20 Å². The molecule has 2 heterocycles. The fourth-order valence-corrected chi connectivity index (χ4v) is 3.27. The highest BCUT2D eigenvalue weighted by Gasteiger charge is 2.13. The van der Waals surface area contributed by atoms with E-state index in [0.29, 0.717) is 29.5 Å². The molecule has 0 spiro atoms. The summed E-state index contributed by atoms with van der Waals surface area (Å²) in [5, 5.41) is 7.92. The lowest BCUT2D eigenvalue weighted by atomic mass is 10.1. The molecule has 4 aromatic rings. The number of hydrogen-bond donors (Lipinski definition) is 3. The van der Waals surface area contributed by atoms with E-state index in [2.05, 4.69) is 29.5 Å². The number of fused-ring (bicyclic) bond motifs is 1. The second-order valence-corrected chi connectivity index (χ2v) is 7.77. The normalized spacial score (nSPS) is 10.9. The molecule has 4 rings (SSSR count). The zero-order chi connectivity index (χ0) is 21.6. The average molecular weight is 415 g/mol. The molecule has 31 heavy (non-hydrogen) atoms. The van der Waals surface area contributed by atoms with Crippen molar-refractivity contribution in [1.29, 1.82) is 0 Å². The van der Waals surface area contributed by atoms with Gasteiger partial charge >= 0.3 is 0 Å². The number of benzene rings is 2. The molecule has 2 aromatic heterocycles. The molecule has 6 heteroatoms. The second kappa shape index (κ2) is 9.34. The topological polar surface area (TPSA) is 79.0 Å². The number of nitrogens with one attached hydrogen (secondary N) is 3. The Balaban J connectivity index is 1.71. The first-order valence-corrected chi connectivity index (χ1v) is 10.4. The van der Waals surface area contributed by atoms with Gasteiger partial charge in [-0.2, -0.15) is 0 Å². The van der Waals surface area contributed by atoms with Gasteiger partial charge in [-0.15, -0.1) is 0 Å². The van der Waals surface area contributed by atoms with Crippen LogP contribution in [0.2, 0.25) is 0 Å². The number of aromatic amines is 1. The lowest BCUT2D eigenvalue weighted by Crippen LogP contribution is -2.10. The molecule has 3 N–H and O–H groups in total. The number of nitrogens with zero attached hydrogens (tertiary/aromatic N) is 1. The second-order valence-electron chi connectivity index (χ2n) is 7.77. The molecule has 0 saturated heterocycles. The van der Waals surface area contributed by atoms with Crippen LogP contribution >= 0.6 is 0 Å². The standard InChI is InChI=1S/C25H26N4O2/c1-17(2)13-15-31-21-11-7-6-10-20(21)28-24-23-18(12-14-26-25(23)30)16-22(29-24)27-19-8-4-3-5-9-19/h3-12,14,16-17H,13,15H2,1-2H3,(H,26,30)(H2,27,28,29). The third-order valence-electron chi connectivity index (χ3n) is 4.89. The van der Waals surface area contributed by atoms with Gasteiger partial charge < -0.3 is 20.4 Å². The van der Waals surface area contributed by atoms with E-state index in [1.807, 2.05) is 66.7 Å². The Hall–Kier alpha value is -3.80. The van der Waals surface area contributed by atoms with Crippen molar-refractivity contribution in [2.75, 3.05) is 17.2 Å². The quantitative estimate of drug-likeness (QED) is 0.338. The zero-order valence-corrected chi connectivity index (χ0v) is 17.7. The molecule has 0 bridgehead atoms. The predicted molar refractivity (Wildman–Crippen MR) is 127 cm³/mol. The molecule has 6 nitrogen and oxygen atoms in total. The third-order valence-corrected chi connectivity index (χ3v) is 4.89. The molecule has 0 amide bonds. The summed E-state index contributed by atoms with van der Waals surface area (Å²) in [5.41, 5.74) is 1.49. The average Bonchev–Trinajstić information content (AvgIpc) is 2.75. The van der Waals surface area contributed by atoms with Gasteiger partial charge in [0.25, 0.3) is 5.56 Å². The Kier molecular flexibility index (Phi) is 6.17. The number of rotatable bonds is 8. The molecule has 0 atom stereocenters. The Morgan fingerprint density at radius 3 is 2.58 bits per heavy atom. The minimum atomic E-state index is -0.197. The number of para-hydroxylation sites is 3. The molecule has 2 aromatic carbocycles. The molecule has 0 saturated carbocycles. The van der Waals surface area contributed by atoms with Gasteiger partial charge in [-0.25, -0.2) is 4.98 Å². The lowest BCUT2D eigenvalue weighted by Gasteiger charge is -2.16. The van der Waals surface area contributed by atoms with Gasteiger partial charge in [0.2, 0.25) is 0 Å². The van der Waals surface area contributed by atoms with E-state index >= 15 is 0 Å².